The number of carbonyl (C=O) groups is 1. The highest BCUT2D eigenvalue weighted by Gasteiger charge is 2.15. The van der Waals surface area contributed by atoms with Crippen LogP contribution in [-0.4, -0.2) is 25.5 Å². The predicted octanol–water partition coefficient (Wildman–Crippen LogP) is 2.36. The van der Waals surface area contributed by atoms with Gasteiger partial charge in [0.15, 0.2) is 0 Å². The SMILES string of the molecule is CCC(=O)NCCCN1CCCc2ccccc21. The normalized spacial score (nSPS) is 14.2. The number of fused-ring (bicyclic) bond motifs is 1. The Labute approximate surface area is 109 Å². The Balaban J connectivity index is 1.82. The van der Waals surface area contributed by atoms with E-state index < -0.39 is 0 Å². The molecule has 0 aliphatic carbocycles. The van der Waals surface area contributed by atoms with Crippen molar-refractivity contribution in [2.24, 2.45) is 0 Å². The van der Waals surface area contributed by atoms with Crippen LogP contribution in [0.3, 0.4) is 0 Å². The Hall–Kier alpha value is -1.51. The lowest BCUT2D eigenvalue weighted by atomic mass is 10.0. The van der Waals surface area contributed by atoms with Gasteiger partial charge in [-0.25, -0.2) is 0 Å². The second-order valence-electron chi connectivity index (χ2n) is 4.78. The molecule has 1 aromatic carbocycles. The van der Waals surface area contributed by atoms with Crippen LogP contribution < -0.4 is 10.2 Å². The fraction of sp³-hybridized carbons (Fsp3) is 0.533. The minimum atomic E-state index is 0.147. The lowest BCUT2D eigenvalue weighted by molar-refractivity contribution is -0.120. The van der Waals surface area contributed by atoms with Crippen LogP contribution in [0.1, 0.15) is 31.7 Å². The molecule has 0 radical (unpaired) electrons. The zero-order chi connectivity index (χ0) is 12.8. The first kappa shape index (κ1) is 12.9. The third kappa shape index (κ3) is 3.25. The summed E-state index contributed by atoms with van der Waals surface area (Å²) in [6, 6.07) is 8.65. The third-order valence-corrected chi connectivity index (χ3v) is 3.45. The summed E-state index contributed by atoms with van der Waals surface area (Å²) < 4.78 is 0. The first-order valence-corrected chi connectivity index (χ1v) is 6.91. The molecule has 0 unspecified atom stereocenters. The molecule has 18 heavy (non-hydrogen) atoms. The Morgan fingerprint density at radius 1 is 1.39 bits per heavy atom. The quantitative estimate of drug-likeness (QED) is 0.809. The van der Waals surface area contributed by atoms with E-state index in [9.17, 15) is 4.79 Å². The van der Waals surface area contributed by atoms with Crippen LogP contribution in [0.5, 0.6) is 0 Å². The molecule has 0 bridgehead atoms. The number of carbonyl (C=O) groups excluding carboxylic acids is 1. The van der Waals surface area contributed by atoms with Gasteiger partial charge in [-0.1, -0.05) is 25.1 Å². The highest BCUT2D eigenvalue weighted by atomic mass is 16.1. The maximum absolute atomic E-state index is 11.1. The molecule has 0 fully saturated rings. The molecular formula is C15H22N2O. The largest absolute Gasteiger partial charge is 0.371 e. The average Bonchev–Trinajstić information content (AvgIpc) is 2.43. The number of nitrogens with one attached hydrogen (secondary N) is 1. The average molecular weight is 246 g/mol. The molecule has 1 heterocycles. The van der Waals surface area contributed by atoms with Gasteiger partial charge < -0.3 is 10.2 Å². The summed E-state index contributed by atoms with van der Waals surface area (Å²) in [7, 11) is 0. The van der Waals surface area contributed by atoms with E-state index in [1.165, 1.54) is 24.1 Å². The van der Waals surface area contributed by atoms with Crippen LogP contribution in [0, 0.1) is 0 Å². The highest BCUT2D eigenvalue weighted by Crippen LogP contribution is 2.26. The van der Waals surface area contributed by atoms with E-state index in [1.54, 1.807) is 0 Å². The van der Waals surface area contributed by atoms with Crippen LogP contribution in [0.2, 0.25) is 0 Å². The molecule has 0 saturated carbocycles. The number of rotatable bonds is 5. The van der Waals surface area contributed by atoms with Gasteiger partial charge in [-0.2, -0.15) is 0 Å². The van der Waals surface area contributed by atoms with Crippen LogP contribution in [0.25, 0.3) is 0 Å². The fourth-order valence-electron chi connectivity index (χ4n) is 2.47. The fourth-order valence-corrected chi connectivity index (χ4v) is 2.47. The van der Waals surface area contributed by atoms with Crippen molar-refractivity contribution in [3.63, 3.8) is 0 Å². The van der Waals surface area contributed by atoms with Gasteiger partial charge in [0, 0.05) is 31.7 Å². The third-order valence-electron chi connectivity index (χ3n) is 3.45. The van der Waals surface area contributed by atoms with Gasteiger partial charge in [0.2, 0.25) is 5.91 Å². The van der Waals surface area contributed by atoms with Gasteiger partial charge in [-0.05, 0) is 30.9 Å². The summed E-state index contributed by atoms with van der Waals surface area (Å²) in [4.78, 5) is 13.6. The van der Waals surface area contributed by atoms with Gasteiger partial charge in [-0.15, -0.1) is 0 Å². The number of nitrogens with zero attached hydrogens (tertiary/aromatic N) is 1. The van der Waals surface area contributed by atoms with Gasteiger partial charge in [0.1, 0.15) is 0 Å². The van der Waals surface area contributed by atoms with E-state index in [-0.39, 0.29) is 5.91 Å². The standard InChI is InChI=1S/C15H22N2O/c1-2-15(18)16-10-6-12-17-11-5-8-13-7-3-4-9-14(13)17/h3-4,7,9H,2,5-6,8,10-12H2,1H3,(H,16,18). The Morgan fingerprint density at radius 3 is 3.06 bits per heavy atom. The predicted molar refractivity (Wildman–Crippen MR) is 74.9 cm³/mol. The minimum absolute atomic E-state index is 0.147. The highest BCUT2D eigenvalue weighted by molar-refractivity contribution is 5.75. The van der Waals surface area contributed by atoms with Crippen molar-refractivity contribution in [3.8, 4) is 0 Å². The molecule has 3 heteroatoms. The molecule has 0 aromatic heterocycles. The maximum atomic E-state index is 11.1. The van der Waals surface area contributed by atoms with Crippen molar-refractivity contribution >= 4 is 11.6 Å². The minimum Gasteiger partial charge on any atom is -0.371 e. The molecule has 1 N–H and O–H groups in total. The second kappa shape index (κ2) is 6.43. The van der Waals surface area contributed by atoms with Gasteiger partial charge in [0.25, 0.3) is 0 Å². The number of aryl methyl sites for hydroxylation is 1. The smallest absolute Gasteiger partial charge is 0.219 e. The summed E-state index contributed by atoms with van der Waals surface area (Å²) in [6.45, 7) is 4.83. The molecule has 1 aliphatic rings. The van der Waals surface area contributed by atoms with Crippen molar-refractivity contribution in [2.75, 3.05) is 24.5 Å². The number of para-hydroxylation sites is 1. The molecule has 0 atom stereocenters. The molecule has 1 aliphatic heterocycles. The van der Waals surface area contributed by atoms with Crippen molar-refractivity contribution in [1.82, 2.24) is 5.32 Å². The lowest BCUT2D eigenvalue weighted by Gasteiger charge is -2.31. The van der Waals surface area contributed by atoms with Crippen molar-refractivity contribution in [2.45, 2.75) is 32.6 Å². The Kier molecular flexibility index (Phi) is 4.62. The van der Waals surface area contributed by atoms with Gasteiger partial charge >= 0.3 is 0 Å². The van der Waals surface area contributed by atoms with Crippen LogP contribution in [0.15, 0.2) is 24.3 Å². The van der Waals surface area contributed by atoms with Crippen molar-refractivity contribution in [3.05, 3.63) is 29.8 Å². The molecule has 98 valence electrons. The van der Waals surface area contributed by atoms with E-state index in [0.717, 1.165) is 26.1 Å². The number of hydrogen-bond donors (Lipinski definition) is 1. The molecule has 0 spiro atoms. The number of anilines is 1. The van der Waals surface area contributed by atoms with E-state index in [2.05, 4.69) is 34.5 Å². The zero-order valence-corrected chi connectivity index (χ0v) is 11.1. The summed E-state index contributed by atoms with van der Waals surface area (Å²) in [5, 5.41) is 2.93. The summed E-state index contributed by atoms with van der Waals surface area (Å²) >= 11 is 0. The first-order valence-electron chi connectivity index (χ1n) is 6.91. The summed E-state index contributed by atoms with van der Waals surface area (Å²) in [6.07, 6.45) is 4.02. The second-order valence-corrected chi connectivity index (χ2v) is 4.78. The van der Waals surface area contributed by atoms with Crippen molar-refractivity contribution < 1.29 is 4.79 Å². The molecule has 1 aromatic rings. The van der Waals surface area contributed by atoms with Crippen LogP contribution in [0.4, 0.5) is 5.69 Å². The van der Waals surface area contributed by atoms with Gasteiger partial charge in [0.05, 0.1) is 0 Å². The monoisotopic (exact) mass is 246 g/mol. The number of hydrogen-bond acceptors (Lipinski definition) is 2. The number of benzene rings is 1. The first-order chi connectivity index (χ1) is 8.81. The molecule has 2 rings (SSSR count). The topological polar surface area (TPSA) is 32.3 Å². The molecule has 0 saturated heterocycles. The Bertz CT molecular complexity index is 403. The van der Waals surface area contributed by atoms with Gasteiger partial charge in [-0.3, -0.25) is 4.79 Å². The van der Waals surface area contributed by atoms with Crippen LogP contribution in [-0.2, 0) is 11.2 Å². The van der Waals surface area contributed by atoms with E-state index >= 15 is 0 Å². The van der Waals surface area contributed by atoms with E-state index in [1.807, 2.05) is 6.92 Å². The van der Waals surface area contributed by atoms with Crippen LogP contribution >= 0.6 is 0 Å². The maximum Gasteiger partial charge on any atom is 0.219 e. The summed E-state index contributed by atoms with van der Waals surface area (Å²) in [5.41, 5.74) is 2.84. The Morgan fingerprint density at radius 2 is 2.22 bits per heavy atom. The molecular weight excluding hydrogens is 224 g/mol. The van der Waals surface area contributed by atoms with E-state index in [0.29, 0.717) is 6.42 Å². The molecule has 3 nitrogen and oxygen atoms in total. The van der Waals surface area contributed by atoms with E-state index in [4.69, 9.17) is 0 Å². The van der Waals surface area contributed by atoms with Crippen molar-refractivity contribution in [1.29, 1.82) is 0 Å². The number of amides is 1. The summed E-state index contributed by atoms with van der Waals surface area (Å²) in [5.74, 6) is 0.147. The lowest BCUT2D eigenvalue weighted by Crippen LogP contribution is -2.33. The zero-order valence-electron chi connectivity index (χ0n) is 11.1. The molecule has 1 amide bonds.